The maximum absolute atomic E-state index is 12.2. The molecular formula is C19H27N3O3. The maximum atomic E-state index is 12.2. The molecule has 0 bridgehead atoms. The molecule has 1 aromatic carbocycles. The molecule has 2 amide bonds. The minimum absolute atomic E-state index is 0.107. The smallest absolute Gasteiger partial charge is 0.243 e. The van der Waals surface area contributed by atoms with Crippen LogP contribution in [0.3, 0.4) is 0 Å². The number of carbonyl (C=O) groups excluding carboxylic acids is 2. The predicted molar refractivity (Wildman–Crippen MR) is 97.3 cm³/mol. The number of hydrazone groups is 1. The van der Waals surface area contributed by atoms with E-state index in [4.69, 9.17) is 4.74 Å². The average Bonchev–Trinajstić information content (AvgIpc) is 3.10. The first-order valence-electron chi connectivity index (χ1n) is 8.88. The van der Waals surface area contributed by atoms with Gasteiger partial charge in [-0.1, -0.05) is 30.3 Å². The van der Waals surface area contributed by atoms with Crippen LogP contribution in [0.2, 0.25) is 0 Å². The lowest BCUT2D eigenvalue weighted by molar-refractivity contribution is -0.133. The van der Waals surface area contributed by atoms with Crippen molar-refractivity contribution in [2.24, 2.45) is 5.10 Å². The van der Waals surface area contributed by atoms with Crippen LogP contribution in [0.5, 0.6) is 0 Å². The molecule has 0 fully saturated rings. The zero-order valence-electron chi connectivity index (χ0n) is 15.0. The summed E-state index contributed by atoms with van der Waals surface area (Å²) in [6.07, 6.45) is 2.10. The molecule has 0 radical (unpaired) electrons. The van der Waals surface area contributed by atoms with Crippen molar-refractivity contribution in [1.82, 2.24) is 10.3 Å². The Morgan fingerprint density at radius 3 is 2.72 bits per heavy atom. The molecule has 0 saturated heterocycles. The average molecular weight is 345 g/mol. The Morgan fingerprint density at radius 2 is 2.00 bits per heavy atom. The first-order valence-corrected chi connectivity index (χ1v) is 8.88. The Labute approximate surface area is 149 Å². The fraction of sp³-hybridized carbons (Fsp3) is 0.526. The minimum Gasteiger partial charge on any atom is -0.379 e. The third-order valence-corrected chi connectivity index (χ3v) is 3.86. The number of benzene rings is 1. The van der Waals surface area contributed by atoms with Gasteiger partial charge in [-0.05, 0) is 25.8 Å². The van der Waals surface area contributed by atoms with Gasteiger partial charge in [0.1, 0.15) is 0 Å². The van der Waals surface area contributed by atoms with Crippen LogP contribution in [0.1, 0.15) is 45.1 Å². The molecule has 6 heteroatoms. The third kappa shape index (κ3) is 6.66. The lowest BCUT2D eigenvalue weighted by atomic mass is 10.1. The number of hydrogen-bond acceptors (Lipinski definition) is 4. The van der Waals surface area contributed by atoms with Crippen molar-refractivity contribution in [3.63, 3.8) is 0 Å². The number of hydrogen-bond donors (Lipinski definition) is 1. The summed E-state index contributed by atoms with van der Waals surface area (Å²) < 4.78 is 5.41. The lowest BCUT2D eigenvalue weighted by Gasteiger charge is -2.11. The Bertz CT molecular complexity index is 599. The molecule has 2 rings (SSSR count). The molecule has 1 aliphatic heterocycles. The van der Waals surface area contributed by atoms with Crippen LogP contribution in [0.15, 0.2) is 35.4 Å². The van der Waals surface area contributed by atoms with Crippen LogP contribution in [-0.2, 0) is 14.3 Å². The second-order valence-electron chi connectivity index (χ2n) is 6.30. The summed E-state index contributed by atoms with van der Waals surface area (Å²) in [5, 5.41) is 8.68. The van der Waals surface area contributed by atoms with Crippen molar-refractivity contribution in [3.05, 3.63) is 35.9 Å². The summed E-state index contributed by atoms with van der Waals surface area (Å²) in [6.45, 7) is 5.74. The topological polar surface area (TPSA) is 71.0 Å². The lowest BCUT2D eigenvalue weighted by Crippen LogP contribution is -2.28. The predicted octanol–water partition coefficient (Wildman–Crippen LogP) is 2.33. The van der Waals surface area contributed by atoms with Gasteiger partial charge in [-0.25, -0.2) is 5.01 Å². The van der Waals surface area contributed by atoms with E-state index < -0.39 is 0 Å². The van der Waals surface area contributed by atoms with E-state index in [2.05, 4.69) is 10.4 Å². The van der Waals surface area contributed by atoms with Crippen molar-refractivity contribution in [1.29, 1.82) is 0 Å². The number of carbonyl (C=O) groups is 2. The van der Waals surface area contributed by atoms with Crippen molar-refractivity contribution in [2.75, 3.05) is 19.7 Å². The molecule has 136 valence electrons. The van der Waals surface area contributed by atoms with E-state index in [1.165, 1.54) is 5.01 Å². The summed E-state index contributed by atoms with van der Waals surface area (Å²) in [6, 6.07) is 9.85. The molecule has 1 heterocycles. The van der Waals surface area contributed by atoms with Gasteiger partial charge >= 0.3 is 0 Å². The summed E-state index contributed by atoms with van der Waals surface area (Å²) in [5.41, 5.74) is 1.96. The third-order valence-electron chi connectivity index (χ3n) is 3.86. The molecule has 0 atom stereocenters. The zero-order valence-corrected chi connectivity index (χ0v) is 15.0. The van der Waals surface area contributed by atoms with Gasteiger partial charge in [0.05, 0.1) is 18.4 Å². The van der Waals surface area contributed by atoms with Crippen LogP contribution in [0, 0.1) is 0 Å². The van der Waals surface area contributed by atoms with E-state index in [0.29, 0.717) is 19.7 Å². The number of nitrogens with one attached hydrogen (secondary N) is 1. The quantitative estimate of drug-likeness (QED) is 0.698. The van der Waals surface area contributed by atoms with E-state index in [-0.39, 0.29) is 30.8 Å². The van der Waals surface area contributed by atoms with E-state index in [0.717, 1.165) is 24.1 Å². The highest BCUT2D eigenvalue weighted by Crippen LogP contribution is 2.14. The van der Waals surface area contributed by atoms with Crippen LogP contribution in [0.4, 0.5) is 0 Å². The molecule has 1 aromatic rings. The van der Waals surface area contributed by atoms with Crippen LogP contribution >= 0.6 is 0 Å². The number of ether oxygens (including phenoxy) is 1. The molecular weight excluding hydrogens is 318 g/mol. The molecule has 25 heavy (non-hydrogen) atoms. The first-order chi connectivity index (χ1) is 12.1. The van der Waals surface area contributed by atoms with Gasteiger partial charge in [-0.2, -0.15) is 5.10 Å². The van der Waals surface area contributed by atoms with Crippen molar-refractivity contribution < 1.29 is 14.3 Å². The summed E-state index contributed by atoms with van der Waals surface area (Å²) in [7, 11) is 0. The maximum Gasteiger partial charge on any atom is 0.243 e. The van der Waals surface area contributed by atoms with Gasteiger partial charge in [-0.3, -0.25) is 9.59 Å². The molecule has 1 N–H and O–H groups in total. The van der Waals surface area contributed by atoms with Crippen molar-refractivity contribution in [3.8, 4) is 0 Å². The van der Waals surface area contributed by atoms with Crippen LogP contribution < -0.4 is 5.32 Å². The Hall–Kier alpha value is -2.21. The van der Waals surface area contributed by atoms with Crippen LogP contribution in [0.25, 0.3) is 0 Å². The second kappa shape index (κ2) is 9.93. The SMILES string of the molecule is CC(C)OCCCNC(=O)CCC(=O)N1CCC(c2ccccc2)=N1. The second-order valence-corrected chi connectivity index (χ2v) is 6.30. The number of rotatable bonds is 9. The van der Waals surface area contributed by atoms with E-state index in [1.807, 2.05) is 44.2 Å². The van der Waals surface area contributed by atoms with E-state index in [1.54, 1.807) is 0 Å². The largest absolute Gasteiger partial charge is 0.379 e. The van der Waals surface area contributed by atoms with Crippen LogP contribution in [-0.4, -0.2) is 48.3 Å². The van der Waals surface area contributed by atoms with Gasteiger partial charge in [-0.15, -0.1) is 0 Å². The molecule has 0 aromatic heterocycles. The fourth-order valence-corrected chi connectivity index (χ4v) is 2.53. The van der Waals surface area contributed by atoms with Gasteiger partial charge < -0.3 is 10.1 Å². The Morgan fingerprint density at radius 1 is 1.24 bits per heavy atom. The molecule has 1 aliphatic rings. The fourth-order valence-electron chi connectivity index (χ4n) is 2.53. The Balaban J connectivity index is 1.67. The van der Waals surface area contributed by atoms with Crippen molar-refractivity contribution in [2.45, 2.75) is 45.6 Å². The summed E-state index contributed by atoms with van der Waals surface area (Å²) in [4.78, 5) is 24.0. The number of amides is 2. The standard InChI is InChI=1S/C19H27N3O3/c1-15(2)25-14-6-12-20-18(23)9-10-19(24)22-13-11-17(21-22)16-7-4-3-5-8-16/h3-5,7-8,15H,6,9-14H2,1-2H3,(H,20,23). The molecule has 0 aliphatic carbocycles. The zero-order chi connectivity index (χ0) is 18.1. The molecule has 0 saturated carbocycles. The highest BCUT2D eigenvalue weighted by molar-refractivity contribution is 6.02. The minimum atomic E-state index is -0.107. The summed E-state index contributed by atoms with van der Waals surface area (Å²) >= 11 is 0. The van der Waals surface area contributed by atoms with Gasteiger partial charge in [0.2, 0.25) is 11.8 Å². The highest BCUT2D eigenvalue weighted by atomic mass is 16.5. The Kier molecular flexibility index (Phi) is 7.60. The van der Waals surface area contributed by atoms with Crippen molar-refractivity contribution >= 4 is 17.5 Å². The summed E-state index contributed by atoms with van der Waals surface area (Å²) in [5.74, 6) is -0.214. The monoisotopic (exact) mass is 345 g/mol. The normalized spacial score (nSPS) is 13.9. The highest BCUT2D eigenvalue weighted by Gasteiger charge is 2.21. The molecule has 0 unspecified atom stereocenters. The van der Waals surface area contributed by atoms with Gasteiger partial charge in [0.15, 0.2) is 0 Å². The van der Waals surface area contributed by atoms with E-state index >= 15 is 0 Å². The first kappa shape index (κ1) is 19.1. The molecule has 0 spiro atoms. The van der Waals surface area contributed by atoms with Gasteiger partial charge in [0.25, 0.3) is 0 Å². The number of nitrogens with zero attached hydrogens (tertiary/aromatic N) is 2. The van der Waals surface area contributed by atoms with E-state index in [9.17, 15) is 9.59 Å². The molecule has 6 nitrogen and oxygen atoms in total. The van der Waals surface area contributed by atoms with Gasteiger partial charge in [0, 0.05) is 32.4 Å².